The second-order valence-corrected chi connectivity index (χ2v) is 5.83. The Morgan fingerprint density at radius 3 is 2.56 bits per heavy atom. The van der Waals surface area contributed by atoms with Gasteiger partial charge in [0.1, 0.15) is 11.9 Å². The molecule has 1 aliphatic rings. The van der Waals surface area contributed by atoms with E-state index >= 15 is 0 Å². The zero-order valence-electron chi connectivity index (χ0n) is 10.3. The van der Waals surface area contributed by atoms with Gasteiger partial charge in [0.05, 0.1) is 5.25 Å². The van der Waals surface area contributed by atoms with E-state index in [-0.39, 0.29) is 23.1 Å². The number of carbonyl (C=O) groups excluding carboxylic acids is 1. The van der Waals surface area contributed by atoms with E-state index < -0.39 is 5.97 Å². The number of rotatable bonds is 3. The predicted molar refractivity (Wildman–Crippen MR) is 70.3 cm³/mol. The molecule has 1 amide bonds. The molecule has 1 aliphatic heterocycles. The van der Waals surface area contributed by atoms with Crippen LogP contribution >= 0.6 is 11.8 Å². The summed E-state index contributed by atoms with van der Waals surface area (Å²) in [6, 6.07) is 7.85. The summed E-state index contributed by atoms with van der Waals surface area (Å²) in [5, 5.41) is 8.51. The molecule has 4 nitrogen and oxygen atoms in total. The van der Waals surface area contributed by atoms with E-state index in [9.17, 15) is 9.59 Å². The maximum absolute atomic E-state index is 11.9. The molecule has 1 saturated heterocycles. The standard InChI is InChI=1S/C13H15NO3S/c1-8-3-5-10(6-4-8)13-14(7-11(15)16)12(17)9(2)18-13/h3-6,9,13H,7H2,1-2H3,(H,15,16). The van der Waals surface area contributed by atoms with Gasteiger partial charge in [-0.25, -0.2) is 0 Å². The van der Waals surface area contributed by atoms with Crippen molar-refractivity contribution in [2.24, 2.45) is 0 Å². The predicted octanol–water partition coefficient (Wildman–Crippen LogP) is 2.04. The van der Waals surface area contributed by atoms with Crippen LogP contribution in [0.5, 0.6) is 0 Å². The second-order valence-electron chi connectivity index (χ2n) is 4.40. The Morgan fingerprint density at radius 2 is 2.00 bits per heavy atom. The van der Waals surface area contributed by atoms with Crippen molar-refractivity contribution in [1.29, 1.82) is 0 Å². The van der Waals surface area contributed by atoms with Gasteiger partial charge in [0.2, 0.25) is 5.91 Å². The first-order valence-electron chi connectivity index (χ1n) is 5.73. The van der Waals surface area contributed by atoms with Crippen molar-refractivity contribution in [2.45, 2.75) is 24.5 Å². The smallest absolute Gasteiger partial charge is 0.323 e. The van der Waals surface area contributed by atoms with Crippen LogP contribution in [0.2, 0.25) is 0 Å². The molecule has 0 radical (unpaired) electrons. The molecular formula is C13H15NO3S. The Labute approximate surface area is 110 Å². The van der Waals surface area contributed by atoms with E-state index in [4.69, 9.17) is 5.11 Å². The molecule has 96 valence electrons. The number of carboxylic acid groups (broad SMARTS) is 1. The summed E-state index contributed by atoms with van der Waals surface area (Å²) in [6.45, 7) is 3.57. The van der Waals surface area contributed by atoms with Crippen molar-refractivity contribution < 1.29 is 14.7 Å². The molecule has 0 bridgehead atoms. The lowest BCUT2D eigenvalue weighted by atomic mass is 10.1. The minimum Gasteiger partial charge on any atom is -0.480 e. The van der Waals surface area contributed by atoms with Crippen LogP contribution in [0.15, 0.2) is 24.3 Å². The van der Waals surface area contributed by atoms with Gasteiger partial charge in [-0.15, -0.1) is 11.8 Å². The summed E-state index contributed by atoms with van der Waals surface area (Å²) in [7, 11) is 0. The molecule has 1 heterocycles. The van der Waals surface area contributed by atoms with Crippen molar-refractivity contribution in [3.05, 3.63) is 35.4 Å². The molecule has 1 fully saturated rings. The van der Waals surface area contributed by atoms with Gasteiger partial charge >= 0.3 is 5.97 Å². The molecule has 2 atom stereocenters. The largest absolute Gasteiger partial charge is 0.480 e. The fraction of sp³-hybridized carbons (Fsp3) is 0.385. The van der Waals surface area contributed by atoms with Gasteiger partial charge in [-0.05, 0) is 19.4 Å². The Kier molecular flexibility index (Phi) is 3.61. The quantitative estimate of drug-likeness (QED) is 0.908. The first kappa shape index (κ1) is 13.0. The Hall–Kier alpha value is -1.49. The van der Waals surface area contributed by atoms with Gasteiger partial charge in [-0.2, -0.15) is 0 Å². The van der Waals surface area contributed by atoms with E-state index in [0.717, 1.165) is 11.1 Å². The van der Waals surface area contributed by atoms with Crippen molar-refractivity contribution >= 4 is 23.6 Å². The molecular weight excluding hydrogens is 250 g/mol. The zero-order chi connectivity index (χ0) is 13.3. The number of aliphatic carboxylic acids is 1. The average molecular weight is 265 g/mol. The van der Waals surface area contributed by atoms with Crippen LogP contribution in [0.4, 0.5) is 0 Å². The fourth-order valence-corrected chi connectivity index (χ4v) is 3.25. The van der Waals surface area contributed by atoms with Crippen molar-refractivity contribution in [3.63, 3.8) is 0 Å². The van der Waals surface area contributed by atoms with Crippen LogP contribution in [0.1, 0.15) is 23.4 Å². The van der Waals surface area contributed by atoms with Crippen LogP contribution in [0.3, 0.4) is 0 Å². The minimum atomic E-state index is -0.977. The normalized spacial score (nSPS) is 23.4. The lowest BCUT2D eigenvalue weighted by Gasteiger charge is -2.22. The summed E-state index contributed by atoms with van der Waals surface area (Å²) >= 11 is 1.50. The lowest BCUT2D eigenvalue weighted by molar-refractivity contribution is -0.144. The first-order valence-corrected chi connectivity index (χ1v) is 6.67. The van der Waals surface area contributed by atoms with Gasteiger partial charge in [0.15, 0.2) is 0 Å². The highest BCUT2D eigenvalue weighted by Gasteiger charge is 2.39. The number of thioether (sulfide) groups is 1. The Morgan fingerprint density at radius 1 is 1.39 bits per heavy atom. The molecule has 0 spiro atoms. The van der Waals surface area contributed by atoms with Crippen LogP contribution in [0, 0.1) is 6.92 Å². The SMILES string of the molecule is Cc1ccc(C2SC(C)C(=O)N2CC(=O)O)cc1. The van der Waals surface area contributed by atoms with E-state index in [1.54, 1.807) is 0 Å². The molecule has 0 aromatic heterocycles. The van der Waals surface area contributed by atoms with Crippen LogP contribution in [-0.2, 0) is 9.59 Å². The number of carboxylic acids is 1. The van der Waals surface area contributed by atoms with Crippen LogP contribution < -0.4 is 0 Å². The topological polar surface area (TPSA) is 57.6 Å². The number of carbonyl (C=O) groups is 2. The third kappa shape index (κ3) is 2.51. The molecule has 1 aromatic carbocycles. The lowest BCUT2D eigenvalue weighted by Crippen LogP contribution is -2.34. The Bertz CT molecular complexity index is 472. The van der Waals surface area contributed by atoms with Gasteiger partial charge in [0, 0.05) is 0 Å². The van der Waals surface area contributed by atoms with Gasteiger partial charge in [0.25, 0.3) is 0 Å². The molecule has 2 rings (SSSR count). The van der Waals surface area contributed by atoms with E-state index in [0.29, 0.717) is 0 Å². The maximum atomic E-state index is 11.9. The van der Waals surface area contributed by atoms with E-state index in [1.807, 2.05) is 38.1 Å². The average Bonchev–Trinajstić information content (AvgIpc) is 2.58. The third-order valence-corrected chi connectivity index (χ3v) is 4.31. The second kappa shape index (κ2) is 5.02. The molecule has 1 N–H and O–H groups in total. The van der Waals surface area contributed by atoms with E-state index in [1.165, 1.54) is 16.7 Å². The van der Waals surface area contributed by atoms with Crippen molar-refractivity contribution in [2.75, 3.05) is 6.54 Å². The van der Waals surface area contributed by atoms with Crippen molar-refractivity contribution in [1.82, 2.24) is 4.90 Å². The molecule has 2 unspecified atom stereocenters. The number of benzene rings is 1. The minimum absolute atomic E-state index is 0.104. The molecule has 0 aliphatic carbocycles. The summed E-state index contributed by atoms with van der Waals surface area (Å²) in [6.07, 6.45) is 0. The van der Waals surface area contributed by atoms with Crippen LogP contribution in [-0.4, -0.2) is 33.7 Å². The number of hydrogen-bond donors (Lipinski definition) is 1. The number of amides is 1. The number of aryl methyl sites for hydroxylation is 1. The number of hydrogen-bond acceptors (Lipinski definition) is 3. The van der Waals surface area contributed by atoms with Gasteiger partial charge < -0.3 is 10.0 Å². The molecule has 1 aromatic rings. The summed E-state index contributed by atoms with van der Waals surface area (Å²) in [4.78, 5) is 24.2. The van der Waals surface area contributed by atoms with Gasteiger partial charge in [-0.1, -0.05) is 29.8 Å². The summed E-state index contributed by atoms with van der Waals surface area (Å²) in [5.41, 5.74) is 2.12. The first-order chi connectivity index (χ1) is 8.49. The molecule has 18 heavy (non-hydrogen) atoms. The maximum Gasteiger partial charge on any atom is 0.323 e. The highest BCUT2D eigenvalue weighted by molar-refractivity contribution is 8.01. The zero-order valence-corrected chi connectivity index (χ0v) is 11.1. The summed E-state index contributed by atoms with van der Waals surface area (Å²) in [5.74, 6) is -1.08. The number of nitrogens with zero attached hydrogens (tertiary/aromatic N) is 1. The third-order valence-electron chi connectivity index (χ3n) is 2.92. The van der Waals surface area contributed by atoms with Crippen LogP contribution in [0.25, 0.3) is 0 Å². The van der Waals surface area contributed by atoms with Gasteiger partial charge in [-0.3, -0.25) is 9.59 Å². The highest BCUT2D eigenvalue weighted by Crippen LogP contribution is 2.42. The summed E-state index contributed by atoms with van der Waals surface area (Å²) < 4.78 is 0. The molecule has 5 heteroatoms. The monoisotopic (exact) mass is 265 g/mol. The van der Waals surface area contributed by atoms with E-state index in [2.05, 4.69) is 0 Å². The Balaban J connectivity index is 2.27. The highest BCUT2D eigenvalue weighted by atomic mass is 32.2. The molecule has 0 saturated carbocycles. The van der Waals surface area contributed by atoms with Crippen molar-refractivity contribution in [3.8, 4) is 0 Å². The fourth-order valence-electron chi connectivity index (χ4n) is 1.97.